The first-order chi connectivity index (χ1) is 17.5. The first-order valence-corrected chi connectivity index (χ1v) is 13.0. The number of fused-ring (bicyclic) bond motifs is 2. The van der Waals surface area contributed by atoms with E-state index in [1.54, 1.807) is 0 Å². The first-order valence-electron chi connectivity index (χ1n) is 13.0. The molecule has 36 heavy (non-hydrogen) atoms. The number of rotatable bonds is 5. The number of carbonyl (C=O) groups is 1. The molecule has 0 saturated carbocycles. The third-order valence-corrected chi connectivity index (χ3v) is 7.39. The number of nitrogens with one attached hydrogen (secondary N) is 1. The van der Waals surface area contributed by atoms with E-state index in [4.69, 9.17) is 19.6 Å². The van der Waals surface area contributed by atoms with Crippen molar-refractivity contribution in [1.82, 2.24) is 14.8 Å². The molecule has 2 aromatic carbocycles. The maximum atomic E-state index is 13.8. The van der Waals surface area contributed by atoms with Crippen LogP contribution in [0.1, 0.15) is 80.4 Å². The van der Waals surface area contributed by atoms with Gasteiger partial charge >= 0.3 is 0 Å². The largest absolute Gasteiger partial charge is 0.486 e. The Morgan fingerprint density at radius 1 is 1.03 bits per heavy atom. The minimum atomic E-state index is -0.345. The Balaban J connectivity index is 1.41. The van der Waals surface area contributed by atoms with Crippen LogP contribution < -0.4 is 14.8 Å². The smallest absolute Gasteiger partial charge is 0.226 e. The second-order valence-electron chi connectivity index (χ2n) is 10.2. The van der Waals surface area contributed by atoms with E-state index in [9.17, 15) is 4.79 Å². The number of nitrogens with zero attached hydrogens (tertiary/aromatic N) is 3. The van der Waals surface area contributed by atoms with Crippen molar-refractivity contribution in [3.8, 4) is 11.5 Å². The topological polar surface area (TPSA) is 78.3 Å². The van der Waals surface area contributed by atoms with Crippen molar-refractivity contribution in [2.45, 2.75) is 64.3 Å². The highest BCUT2D eigenvalue weighted by Gasteiger charge is 2.40. The van der Waals surface area contributed by atoms with Gasteiger partial charge in [0.05, 0.1) is 0 Å². The Hall–Kier alpha value is -3.61. The van der Waals surface area contributed by atoms with Gasteiger partial charge in [0.2, 0.25) is 5.95 Å². The van der Waals surface area contributed by atoms with Crippen molar-refractivity contribution in [3.05, 3.63) is 76.2 Å². The number of carbonyl (C=O) groups excluding carboxylic acids is 1. The van der Waals surface area contributed by atoms with E-state index in [1.165, 1.54) is 11.1 Å². The number of ketones is 1. The summed E-state index contributed by atoms with van der Waals surface area (Å²) in [4.78, 5) is 18.6. The molecule has 3 aromatic rings. The van der Waals surface area contributed by atoms with Crippen LogP contribution in [0.25, 0.3) is 0 Å². The lowest BCUT2D eigenvalue weighted by atomic mass is 9.77. The quantitative estimate of drug-likeness (QED) is 0.512. The number of anilines is 1. The number of allylic oxidation sites excluding steroid dienone is 2. The fourth-order valence-corrected chi connectivity index (χ4v) is 5.51. The monoisotopic (exact) mass is 484 g/mol. The van der Waals surface area contributed by atoms with E-state index in [0.717, 1.165) is 47.7 Å². The normalized spacial score (nSPS) is 20.7. The van der Waals surface area contributed by atoms with Gasteiger partial charge in [0.15, 0.2) is 23.1 Å². The Morgan fingerprint density at radius 3 is 2.53 bits per heavy atom. The number of hydrogen-bond donors (Lipinski definition) is 1. The summed E-state index contributed by atoms with van der Waals surface area (Å²) in [6, 6.07) is 14.3. The fraction of sp³-hybridized carbons (Fsp3) is 0.414. The van der Waals surface area contributed by atoms with E-state index >= 15 is 0 Å². The lowest BCUT2D eigenvalue weighted by molar-refractivity contribution is -0.116. The molecule has 3 heterocycles. The fourth-order valence-electron chi connectivity index (χ4n) is 5.51. The molecule has 1 aromatic heterocycles. The van der Waals surface area contributed by atoms with Crippen LogP contribution in [0.5, 0.6) is 11.5 Å². The molecular weight excluding hydrogens is 452 g/mol. The van der Waals surface area contributed by atoms with Crippen molar-refractivity contribution >= 4 is 11.7 Å². The molecule has 0 fully saturated rings. The SMILES string of the molecule is CCCc1nc2n(n1)C(c1ccc3c(c1)OCCO3)C1=C(CC(c3ccc(C(C)C)cc3)CC1=O)N2. The summed E-state index contributed by atoms with van der Waals surface area (Å²) in [5.41, 5.74) is 5.20. The summed E-state index contributed by atoms with van der Waals surface area (Å²) >= 11 is 0. The highest BCUT2D eigenvalue weighted by Crippen LogP contribution is 2.45. The molecule has 2 atom stereocenters. The van der Waals surface area contributed by atoms with E-state index in [-0.39, 0.29) is 17.7 Å². The molecule has 1 N–H and O–H groups in total. The lowest BCUT2D eigenvalue weighted by Crippen LogP contribution is -2.33. The van der Waals surface area contributed by atoms with Gasteiger partial charge in [-0.05, 0) is 53.5 Å². The number of ether oxygens (including phenoxy) is 2. The van der Waals surface area contributed by atoms with Gasteiger partial charge in [-0.1, -0.05) is 51.1 Å². The van der Waals surface area contributed by atoms with Crippen molar-refractivity contribution in [2.75, 3.05) is 18.5 Å². The maximum Gasteiger partial charge on any atom is 0.226 e. The van der Waals surface area contributed by atoms with E-state index in [1.807, 2.05) is 22.9 Å². The Morgan fingerprint density at radius 2 is 1.78 bits per heavy atom. The summed E-state index contributed by atoms with van der Waals surface area (Å²) in [7, 11) is 0. The van der Waals surface area contributed by atoms with Crippen molar-refractivity contribution in [3.63, 3.8) is 0 Å². The molecule has 7 nitrogen and oxygen atoms in total. The molecular formula is C29H32N4O3. The summed E-state index contributed by atoms with van der Waals surface area (Å²) in [5.74, 6) is 3.70. The predicted octanol–water partition coefficient (Wildman–Crippen LogP) is 5.54. The van der Waals surface area contributed by atoms with Gasteiger partial charge in [-0.2, -0.15) is 10.1 Å². The molecule has 6 rings (SSSR count). The third-order valence-electron chi connectivity index (χ3n) is 7.39. The zero-order chi connectivity index (χ0) is 24.8. The molecule has 186 valence electrons. The van der Waals surface area contributed by atoms with Crippen LogP contribution in [0.4, 0.5) is 5.95 Å². The van der Waals surface area contributed by atoms with E-state index in [2.05, 4.69) is 50.4 Å². The number of aromatic nitrogens is 3. The summed E-state index contributed by atoms with van der Waals surface area (Å²) in [5, 5.41) is 8.32. The van der Waals surface area contributed by atoms with Crippen LogP contribution in [-0.2, 0) is 11.2 Å². The Kier molecular flexibility index (Phi) is 5.78. The zero-order valence-electron chi connectivity index (χ0n) is 21.1. The van der Waals surface area contributed by atoms with Crippen LogP contribution in [0, 0.1) is 0 Å². The molecule has 2 unspecified atom stereocenters. The predicted molar refractivity (Wildman–Crippen MR) is 138 cm³/mol. The number of benzene rings is 2. The van der Waals surface area contributed by atoms with Gasteiger partial charge in [0.25, 0.3) is 0 Å². The van der Waals surface area contributed by atoms with Gasteiger partial charge in [0.1, 0.15) is 19.3 Å². The van der Waals surface area contributed by atoms with Crippen molar-refractivity contribution in [1.29, 1.82) is 0 Å². The average molecular weight is 485 g/mol. The lowest BCUT2D eigenvalue weighted by Gasteiger charge is -2.35. The van der Waals surface area contributed by atoms with Crippen LogP contribution in [-0.4, -0.2) is 33.8 Å². The molecule has 1 aliphatic carbocycles. The van der Waals surface area contributed by atoms with Crippen molar-refractivity contribution < 1.29 is 14.3 Å². The molecule has 7 heteroatoms. The zero-order valence-corrected chi connectivity index (χ0v) is 21.1. The Labute approximate surface area is 211 Å². The van der Waals surface area contributed by atoms with Gasteiger partial charge < -0.3 is 14.8 Å². The second-order valence-corrected chi connectivity index (χ2v) is 10.2. The van der Waals surface area contributed by atoms with Crippen LogP contribution in [0.2, 0.25) is 0 Å². The number of Topliss-reactive ketones (excluding diaryl/α,β-unsaturated/α-hetero) is 1. The average Bonchev–Trinajstić information content (AvgIpc) is 3.29. The molecule has 0 radical (unpaired) electrons. The molecule has 0 bridgehead atoms. The minimum Gasteiger partial charge on any atom is -0.486 e. The van der Waals surface area contributed by atoms with Gasteiger partial charge in [-0.25, -0.2) is 4.68 Å². The summed E-state index contributed by atoms with van der Waals surface area (Å²) in [6.07, 6.45) is 2.99. The number of hydrogen-bond acceptors (Lipinski definition) is 6. The van der Waals surface area contributed by atoms with E-state index in [0.29, 0.717) is 37.3 Å². The second kappa shape index (κ2) is 9.12. The highest BCUT2D eigenvalue weighted by atomic mass is 16.6. The van der Waals surface area contributed by atoms with Crippen LogP contribution in [0.15, 0.2) is 53.7 Å². The van der Waals surface area contributed by atoms with Crippen LogP contribution in [0.3, 0.4) is 0 Å². The minimum absolute atomic E-state index is 0.135. The number of aryl methyl sites for hydroxylation is 1. The van der Waals surface area contributed by atoms with Gasteiger partial charge in [-0.3, -0.25) is 4.79 Å². The molecule has 2 aliphatic heterocycles. The third kappa shape index (κ3) is 3.96. The molecule has 3 aliphatic rings. The van der Waals surface area contributed by atoms with Gasteiger partial charge in [0, 0.05) is 24.1 Å². The highest BCUT2D eigenvalue weighted by molar-refractivity contribution is 6.00. The van der Waals surface area contributed by atoms with Crippen molar-refractivity contribution in [2.24, 2.45) is 0 Å². The van der Waals surface area contributed by atoms with Crippen LogP contribution >= 0.6 is 0 Å². The first kappa shape index (κ1) is 22.8. The molecule has 0 spiro atoms. The summed E-state index contributed by atoms with van der Waals surface area (Å²) in [6.45, 7) is 7.57. The summed E-state index contributed by atoms with van der Waals surface area (Å²) < 4.78 is 13.5. The Bertz CT molecular complexity index is 1340. The van der Waals surface area contributed by atoms with E-state index < -0.39 is 0 Å². The van der Waals surface area contributed by atoms with Gasteiger partial charge in [-0.15, -0.1) is 0 Å². The molecule has 0 amide bonds. The maximum absolute atomic E-state index is 13.8. The standard InChI is InChI=1S/C29H32N4O3/c1-4-5-26-31-29-30-22-14-21(19-8-6-18(7-9-19)17(2)3)15-23(34)27(22)28(33(29)32-26)20-10-11-24-25(16-20)36-13-12-35-24/h6-11,16-17,21,28H,4-5,12-15H2,1-3H3,(H,30,31,32). The molecule has 0 saturated heterocycles.